The molecule has 0 radical (unpaired) electrons. The second kappa shape index (κ2) is 7.89. The number of hydrogen-bond donors (Lipinski definition) is 3. The number of benzene rings is 1. The van der Waals surface area contributed by atoms with E-state index in [9.17, 15) is 4.79 Å². The van der Waals surface area contributed by atoms with Crippen molar-refractivity contribution >= 4 is 38.8 Å². The molecule has 2 aliphatic heterocycles. The minimum absolute atomic E-state index is 0.0442. The first kappa shape index (κ1) is 19.3. The van der Waals surface area contributed by atoms with Crippen molar-refractivity contribution in [3.8, 4) is 0 Å². The number of carbonyl (C=O) groups is 1. The third-order valence-corrected chi connectivity index (χ3v) is 7.27. The SMILES string of the molecule is CNc1c(C(=O)NCCc2ccc(N3CC4CC3CN4)cc2)sc2nc(C)ccc12. The van der Waals surface area contributed by atoms with E-state index in [4.69, 9.17) is 0 Å². The van der Waals surface area contributed by atoms with Crippen LogP contribution in [0.2, 0.25) is 0 Å². The number of carbonyl (C=O) groups excluding carboxylic acids is 1. The van der Waals surface area contributed by atoms with Gasteiger partial charge in [-0.1, -0.05) is 12.1 Å². The highest BCUT2D eigenvalue weighted by molar-refractivity contribution is 7.21. The van der Waals surface area contributed by atoms with Crippen LogP contribution < -0.4 is 20.9 Å². The summed E-state index contributed by atoms with van der Waals surface area (Å²) < 4.78 is 0. The molecule has 1 amide bonds. The van der Waals surface area contributed by atoms with Crippen LogP contribution in [0.4, 0.5) is 11.4 Å². The Kier molecular flexibility index (Phi) is 5.08. The zero-order chi connectivity index (χ0) is 20.7. The molecule has 0 spiro atoms. The molecule has 3 aromatic rings. The van der Waals surface area contributed by atoms with Crippen LogP contribution in [0.5, 0.6) is 0 Å². The Labute approximate surface area is 180 Å². The summed E-state index contributed by atoms with van der Waals surface area (Å²) in [6.45, 7) is 4.78. The smallest absolute Gasteiger partial charge is 0.263 e. The number of fused-ring (bicyclic) bond motifs is 3. The molecule has 2 aromatic heterocycles. The molecule has 4 heterocycles. The molecule has 5 rings (SSSR count). The van der Waals surface area contributed by atoms with E-state index in [0.717, 1.165) is 41.1 Å². The van der Waals surface area contributed by atoms with Gasteiger partial charge in [-0.05, 0) is 49.6 Å². The van der Waals surface area contributed by atoms with E-state index < -0.39 is 0 Å². The summed E-state index contributed by atoms with van der Waals surface area (Å²) in [5, 5.41) is 10.8. The molecule has 0 aliphatic carbocycles. The monoisotopic (exact) mass is 421 g/mol. The van der Waals surface area contributed by atoms with Crippen LogP contribution in [-0.4, -0.2) is 49.7 Å². The van der Waals surface area contributed by atoms with E-state index in [-0.39, 0.29) is 5.91 Å². The number of piperazine rings is 1. The maximum absolute atomic E-state index is 12.8. The van der Waals surface area contributed by atoms with E-state index in [1.165, 1.54) is 29.0 Å². The molecule has 0 saturated carbocycles. The van der Waals surface area contributed by atoms with Crippen LogP contribution in [0.1, 0.15) is 27.3 Å². The van der Waals surface area contributed by atoms with Gasteiger partial charge in [-0.2, -0.15) is 0 Å². The molecule has 2 unspecified atom stereocenters. The third kappa shape index (κ3) is 3.52. The topological polar surface area (TPSA) is 69.3 Å². The zero-order valence-electron chi connectivity index (χ0n) is 17.4. The number of pyridine rings is 1. The largest absolute Gasteiger partial charge is 0.386 e. The molecule has 7 heteroatoms. The summed E-state index contributed by atoms with van der Waals surface area (Å²) in [6.07, 6.45) is 2.08. The second-order valence-corrected chi connectivity index (χ2v) is 9.18. The van der Waals surface area contributed by atoms with E-state index in [1.54, 1.807) is 0 Å². The molecule has 2 atom stereocenters. The summed E-state index contributed by atoms with van der Waals surface area (Å²) in [5.74, 6) is -0.0442. The highest BCUT2D eigenvalue weighted by atomic mass is 32.1. The number of aromatic nitrogens is 1. The Morgan fingerprint density at radius 2 is 2.10 bits per heavy atom. The number of rotatable bonds is 6. The average molecular weight is 422 g/mol. The van der Waals surface area contributed by atoms with Crippen molar-refractivity contribution in [2.75, 3.05) is 36.9 Å². The number of anilines is 2. The van der Waals surface area contributed by atoms with Crippen molar-refractivity contribution < 1.29 is 4.79 Å². The molecular weight excluding hydrogens is 394 g/mol. The van der Waals surface area contributed by atoms with Crippen LogP contribution in [-0.2, 0) is 6.42 Å². The molecule has 2 fully saturated rings. The van der Waals surface area contributed by atoms with E-state index in [2.05, 4.69) is 50.1 Å². The minimum Gasteiger partial charge on any atom is -0.386 e. The van der Waals surface area contributed by atoms with Gasteiger partial charge in [0.15, 0.2) is 0 Å². The number of nitrogens with one attached hydrogen (secondary N) is 3. The molecule has 1 aromatic carbocycles. The Bertz CT molecular complexity index is 1080. The van der Waals surface area contributed by atoms with Crippen molar-refractivity contribution in [2.24, 2.45) is 0 Å². The molecule has 2 aliphatic rings. The lowest BCUT2D eigenvalue weighted by Crippen LogP contribution is -2.43. The van der Waals surface area contributed by atoms with Crippen LogP contribution in [0.25, 0.3) is 10.2 Å². The normalized spacial score (nSPS) is 20.1. The minimum atomic E-state index is -0.0442. The highest BCUT2D eigenvalue weighted by Gasteiger charge is 2.37. The summed E-state index contributed by atoms with van der Waals surface area (Å²) in [6, 6.07) is 14.1. The molecule has 6 nitrogen and oxygen atoms in total. The van der Waals surface area contributed by atoms with Crippen LogP contribution >= 0.6 is 11.3 Å². The first-order valence-corrected chi connectivity index (χ1v) is 11.4. The maximum Gasteiger partial charge on any atom is 0.263 e. The molecular formula is C23H27N5OS. The second-order valence-electron chi connectivity index (χ2n) is 8.18. The average Bonchev–Trinajstić information content (AvgIpc) is 3.47. The van der Waals surface area contributed by atoms with Crippen LogP contribution in [0.3, 0.4) is 0 Å². The summed E-state index contributed by atoms with van der Waals surface area (Å²) >= 11 is 1.44. The maximum atomic E-state index is 12.8. The fraction of sp³-hybridized carbons (Fsp3) is 0.391. The summed E-state index contributed by atoms with van der Waals surface area (Å²) in [5.41, 5.74) is 4.37. The van der Waals surface area contributed by atoms with Crippen molar-refractivity contribution in [3.05, 3.63) is 52.5 Å². The van der Waals surface area contributed by atoms with Crippen molar-refractivity contribution in [1.82, 2.24) is 15.6 Å². The Hall–Kier alpha value is -2.64. The van der Waals surface area contributed by atoms with Gasteiger partial charge < -0.3 is 20.9 Å². The zero-order valence-corrected chi connectivity index (χ0v) is 18.2. The van der Waals surface area contributed by atoms with Crippen LogP contribution in [0.15, 0.2) is 36.4 Å². The molecule has 156 valence electrons. The van der Waals surface area contributed by atoms with E-state index in [1.807, 2.05) is 26.1 Å². The van der Waals surface area contributed by atoms with Crippen molar-refractivity contribution in [3.63, 3.8) is 0 Å². The standard InChI is InChI=1S/C23H27N5OS/c1-14-3-8-19-20(24-2)21(30-23(19)27-14)22(29)25-10-9-15-4-6-17(7-5-15)28-13-16-11-18(28)12-26-16/h3-8,16,18,24,26H,9-13H2,1-2H3,(H,25,29). The predicted octanol–water partition coefficient (Wildman–Crippen LogP) is 3.17. The fourth-order valence-corrected chi connectivity index (χ4v) is 5.75. The number of thiophene rings is 1. The van der Waals surface area contributed by atoms with Gasteiger partial charge in [0.2, 0.25) is 0 Å². The first-order valence-electron chi connectivity index (χ1n) is 10.6. The quantitative estimate of drug-likeness (QED) is 0.570. The fourth-order valence-electron chi connectivity index (χ4n) is 4.61. The lowest BCUT2D eigenvalue weighted by molar-refractivity contribution is 0.0959. The summed E-state index contributed by atoms with van der Waals surface area (Å²) in [4.78, 5) is 21.5. The van der Waals surface area contributed by atoms with Gasteiger partial charge >= 0.3 is 0 Å². The Balaban J connectivity index is 1.21. The Morgan fingerprint density at radius 1 is 1.27 bits per heavy atom. The van der Waals surface area contributed by atoms with Gasteiger partial charge in [0.1, 0.15) is 9.71 Å². The van der Waals surface area contributed by atoms with Gasteiger partial charge in [-0.3, -0.25) is 4.79 Å². The molecule has 3 N–H and O–H groups in total. The van der Waals surface area contributed by atoms with Crippen molar-refractivity contribution in [2.45, 2.75) is 31.8 Å². The predicted molar refractivity (Wildman–Crippen MR) is 124 cm³/mol. The first-order chi connectivity index (χ1) is 14.6. The van der Waals surface area contributed by atoms with E-state index in [0.29, 0.717) is 23.5 Å². The third-order valence-electron chi connectivity index (χ3n) is 6.17. The number of amides is 1. The van der Waals surface area contributed by atoms with Gasteiger partial charge in [0.05, 0.1) is 5.69 Å². The number of nitrogens with zero attached hydrogens (tertiary/aromatic N) is 2. The summed E-state index contributed by atoms with van der Waals surface area (Å²) in [7, 11) is 1.85. The molecule has 2 saturated heterocycles. The Morgan fingerprint density at radius 3 is 2.80 bits per heavy atom. The molecule has 2 bridgehead atoms. The number of hydrogen-bond acceptors (Lipinski definition) is 6. The van der Waals surface area contributed by atoms with Gasteiger partial charge in [-0.15, -0.1) is 11.3 Å². The van der Waals surface area contributed by atoms with Crippen LogP contribution in [0, 0.1) is 6.92 Å². The van der Waals surface area contributed by atoms with Gasteiger partial charge in [-0.25, -0.2) is 4.98 Å². The van der Waals surface area contributed by atoms with E-state index >= 15 is 0 Å². The lowest BCUT2D eigenvalue weighted by atomic mass is 10.1. The molecule has 30 heavy (non-hydrogen) atoms. The lowest BCUT2D eigenvalue weighted by Gasteiger charge is -2.29. The highest BCUT2D eigenvalue weighted by Crippen LogP contribution is 2.34. The van der Waals surface area contributed by atoms with Crippen molar-refractivity contribution in [1.29, 1.82) is 0 Å². The number of aryl methyl sites for hydroxylation is 1. The van der Waals surface area contributed by atoms with Gasteiger partial charge in [0, 0.05) is 55.5 Å². The van der Waals surface area contributed by atoms with Gasteiger partial charge in [0.25, 0.3) is 5.91 Å².